The SMILES string of the molecule is CN=C(NCc1ccc(N2CCOCC2)cc1C(F)(F)F)NC(C)c1ccccc1.I. The summed E-state index contributed by atoms with van der Waals surface area (Å²) in [6.45, 7) is 4.20. The van der Waals surface area contributed by atoms with Crippen LogP contribution in [0.15, 0.2) is 53.5 Å². The molecule has 1 saturated heterocycles. The van der Waals surface area contributed by atoms with Crippen molar-refractivity contribution in [3.8, 4) is 0 Å². The van der Waals surface area contributed by atoms with E-state index in [0.717, 1.165) is 5.56 Å². The molecule has 1 aliphatic heterocycles. The number of alkyl halides is 3. The Morgan fingerprint density at radius 1 is 1.13 bits per heavy atom. The van der Waals surface area contributed by atoms with Gasteiger partial charge in [-0.1, -0.05) is 36.4 Å². The van der Waals surface area contributed by atoms with Gasteiger partial charge < -0.3 is 20.3 Å². The standard InChI is InChI=1S/C22H27F3N4O.HI/c1-16(17-6-4-3-5-7-17)28-21(26-2)27-15-18-8-9-19(14-20(18)22(23,24)25)29-10-12-30-13-11-29;/h3-9,14,16H,10-13,15H2,1-2H3,(H2,26,27,28);1H. The number of nitrogens with one attached hydrogen (secondary N) is 2. The Hall–Kier alpha value is -2.01. The molecule has 31 heavy (non-hydrogen) atoms. The molecule has 170 valence electrons. The molecule has 3 rings (SSSR count). The average molecular weight is 548 g/mol. The van der Waals surface area contributed by atoms with E-state index in [1.54, 1.807) is 13.1 Å². The van der Waals surface area contributed by atoms with Gasteiger partial charge >= 0.3 is 6.18 Å². The summed E-state index contributed by atoms with van der Waals surface area (Å²) in [4.78, 5) is 6.06. The maximum absolute atomic E-state index is 13.7. The van der Waals surface area contributed by atoms with Gasteiger partial charge in [0, 0.05) is 32.4 Å². The van der Waals surface area contributed by atoms with Gasteiger partial charge in [-0.15, -0.1) is 24.0 Å². The number of ether oxygens (including phenoxy) is 1. The van der Waals surface area contributed by atoms with Crippen molar-refractivity contribution in [1.29, 1.82) is 0 Å². The Bertz CT molecular complexity index is 856. The molecule has 2 N–H and O–H groups in total. The molecular formula is C22H28F3IN4O. The monoisotopic (exact) mass is 548 g/mol. The number of benzene rings is 2. The fourth-order valence-electron chi connectivity index (χ4n) is 3.40. The van der Waals surface area contributed by atoms with Gasteiger partial charge in [0.05, 0.1) is 24.8 Å². The van der Waals surface area contributed by atoms with Crippen LogP contribution in [0.4, 0.5) is 18.9 Å². The van der Waals surface area contributed by atoms with E-state index in [4.69, 9.17) is 4.74 Å². The lowest BCUT2D eigenvalue weighted by Gasteiger charge is -2.30. The number of aliphatic imine (C=N–C) groups is 1. The number of hydrogen-bond donors (Lipinski definition) is 2. The second kappa shape index (κ2) is 11.6. The molecular weight excluding hydrogens is 520 g/mol. The smallest absolute Gasteiger partial charge is 0.378 e. The molecule has 0 saturated carbocycles. The van der Waals surface area contributed by atoms with E-state index < -0.39 is 11.7 Å². The van der Waals surface area contributed by atoms with E-state index in [1.165, 1.54) is 12.1 Å². The molecule has 0 aromatic heterocycles. The quantitative estimate of drug-likeness (QED) is 0.326. The van der Waals surface area contributed by atoms with E-state index in [-0.39, 0.29) is 42.1 Å². The van der Waals surface area contributed by atoms with E-state index in [0.29, 0.717) is 38.0 Å². The minimum atomic E-state index is -4.44. The van der Waals surface area contributed by atoms with Crippen LogP contribution in [0.5, 0.6) is 0 Å². The maximum Gasteiger partial charge on any atom is 0.416 e. The van der Waals surface area contributed by atoms with Crippen LogP contribution in [0.1, 0.15) is 29.7 Å². The van der Waals surface area contributed by atoms with Crippen molar-refractivity contribution in [2.45, 2.75) is 25.7 Å². The lowest BCUT2D eigenvalue weighted by molar-refractivity contribution is -0.138. The molecule has 1 aliphatic rings. The summed E-state index contributed by atoms with van der Waals surface area (Å²) in [5.41, 5.74) is 1.17. The molecule has 1 atom stereocenters. The Balaban J connectivity index is 0.00000341. The van der Waals surface area contributed by atoms with Gasteiger partial charge in [0.2, 0.25) is 0 Å². The minimum absolute atomic E-state index is 0. The van der Waals surface area contributed by atoms with Crippen LogP contribution in [0.25, 0.3) is 0 Å². The summed E-state index contributed by atoms with van der Waals surface area (Å²) in [7, 11) is 1.60. The van der Waals surface area contributed by atoms with Crippen molar-refractivity contribution >= 4 is 35.6 Å². The van der Waals surface area contributed by atoms with E-state index in [2.05, 4.69) is 15.6 Å². The van der Waals surface area contributed by atoms with Crippen LogP contribution < -0.4 is 15.5 Å². The number of hydrogen-bond acceptors (Lipinski definition) is 3. The summed E-state index contributed by atoms with van der Waals surface area (Å²) >= 11 is 0. The number of guanidine groups is 1. The van der Waals surface area contributed by atoms with Crippen molar-refractivity contribution in [2.75, 3.05) is 38.3 Å². The third-order valence-electron chi connectivity index (χ3n) is 5.10. The topological polar surface area (TPSA) is 48.9 Å². The van der Waals surface area contributed by atoms with Gasteiger partial charge in [0.15, 0.2) is 5.96 Å². The molecule has 1 unspecified atom stereocenters. The van der Waals surface area contributed by atoms with Crippen LogP contribution in [0, 0.1) is 0 Å². The summed E-state index contributed by atoms with van der Waals surface area (Å²) in [6, 6.07) is 14.2. The van der Waals surface area contributed by atoms with Crippen LogP contribution in [-0.4, -0.2) is 39.3 Å². The molecule has 2 aromatic rings. The second-order valence-corrected chi connectivity index (χ2v) is 7.14. The number of nitrogens with zero attached hydrogens (tertiary/aromatic N) is 2. The zero-order chi connectivity index (χ0) is 21.6. The lowest BCUT2D eigenvalue weighted by atomic mass is 10.0. The molecule has 0 aliphatic carbocycles. The Morgan fingerprint density at radius 2 is 1.81 bits per heavy atom. The fraction of sp³-hybridized carbons (Fsp3) is 0.409. The third-order valence-corrected chi connectivity index (χ3v) is 5.10. The van der Waals surface area contributed by atoms with Crippen molar-refractivity contribution in [3.05, 3.63) is 65.2 Å². The molecule has 0 radical (unpaired) electrons. The fourth-order valence-corrected chi connectivity index (χ4v) is 3.40. The Morgan fingerprint density at radius 3 is 2.42 bits per heavy atom. The van der Waals surface area contributed by atoms with Crippen LogP contribution in [0.3, 0.4) is 0 Å². The first-order valence-electron chi connectivity index (χ1n) is 9.93. The highest BCUT2D eigenvalue weighted by molar-refractivity contribution is 14.0. The van der Waals surface area contributed by atoms with E-state index in [1.807, 2.05) is 42.2 Å². The van der Waals surface area contributed by atoms with Gasteiger partial charge in [-0.25, -0.2) is 0 Å². The Kier molecular flexibility index (Phi) is 9.42. The second-order valence-electron chi connectivity index (χ2n) is 7.14. The van der Waals surface area contributed by atoms with Gasteiger partial charge in [-0.05, 0) is 30.2 Å². The van der Waals surface area contributed by atoms with Crippen LogP contribution >= 0.6 is 24.0 Å². The highest BCUT2D eigenvalue weighted by atomic mass is 127. The van der Waals surface area contributed by atoms with Gasteiger partial charge in [-0.2, -0.15) is 13.2 Å². The number of halogens is 4. The zero-order valence-corrected chi connectivity index (χ0v) is 19.9. The summed E-state index contributed by atoms with van der Waals surface area (Å²) in [5.74, 6) is 0.441. The zero-order valence-electron chi connectivity index (χ0n) is 17.6. The summed E-state index contributed by atoms with van der Waals surface area (Å²) < 4.78 is 46.4. The van der Waals surface area contributed by atoms with E-state index >= 15 is 0 Å². The first-order chi connectivity index (χ1) is 14.4. The molecule has 0 spiro atoms. The number of rotatable bonds is 5. The molecule has 5 nitrogen and oxygen atoms in total. The van der Waals surface area contributed by atoms with Crippen LogP contribution in [-0.2, 0) is 17.5 Å². The van der Waals surface area contributed by atoms with Crippen molar-refractivity contribution in [2.24, 2.45) is 4.99 Å². The largest absolute Gasteiger partial charge is 0.416 e. The van der Waals surface area contributed by atoms with E-state index in [9.17, 15) is 13.2 Å². The minimum Gasteiger partial charge on any atom is -0.378 e. The molecule has 0 bridgehead atoms. The highest BCUT2D eigenvalue weighted by Crippen LogP contribution is 2.35. The van der Waals surface area contributed by atoms with Gasteiger partial charge in [-0.3, -0.25) is 4.99 Å². The molecule has 1 heterocycles. The average Bonchev–Trinajstić information content (AvgIpc) is 2.77. The van der Waals surface area contributed by atoms with Gasteiger partial charge in [0.25, 0.3) is 0 Å². The lowest BCUT2D eigenvalue weighted by Crippen LogP contribution is -2.38. The van der Waals surface area contributed by atoms with Crippen molar-refractivity contribution in [3.63, 3.8) is 0 Å². The van der Waals surface area contributed by atoms with Crippen molar-refractivity contribution < 1.29 is 17.9 Å². The first kappa shape index (κ1) is 25.3. The predicted molar refractivity (Wildman–Crippen MR) is 128 cm³/mol. The number of anilines is 1. The summed E-state index contributed by atoms with van der Waals surface area (Å²) in [6.07, 6.45) is -4.44. The third kappa shape index (κ3) is 6.99. The number of morpholine rings is 1. The normalized spacial score (nSPS) is 15.8. The summed E-state index contributed by atoms with van der Waals surface area (Å²) in [5, 5.41) is 6.21. The van der Waals surface area contributed by atoms with Crippen molar-refractivity contribution in [1.82, 2.24) is 10.6 Å². The van der Waals surface area contributed by atoms with Gasteiger partial charge in [0.1, 0.15) is 0 Å². The Labute approximate surface area is 198 Å². The maximum atomic E-state index is 13.7. The molecule has 2 aromatic carbocycles. The predicted octanol–water partition coefficient (Wildman–Crippen LogP) is 4.59. The van der Waals surface area contributed by atoms with Crippen LogP contribution in [0.2, 0.25) is 0 Å². The highest BCUT2D eigenvalue weighted by Gasteiger charge is 2.34. The molecule has 0 amide bonds. The molecule has 9 heteroatoms. The molecule has 1 fully saturated rings. The first-order valence-corrected chi connectivity index (χ1v) is 9.93.